The third-order valence-electron chi connectivity index (χ3n) is 6.76. The van der Waals surface area contributed by atoms with E-state index < -0.39 is 76.6 Å². The molecule has 0 radical (unpaired) electrons. The molecule has 4 rings (SSSR count). The summed E-state index contributed by atoms with van der Waals surface area (Å²) in [6, 6.07) is 11.4. The lowest BCUT2D eigenvalue weighted by atomic mass is 9.79. The SMILES string of the molecule is O=C(O)/C=C/c1ccc(C[C@](NC(=O)c2ccc(F)c(C(F)(F)F)c2)(c2cc(F)cc(OC(F)(F)C(F)F)c2)c2ccc(Cl)cn2)cc1. The summed E-state index contributed by atoms with van der Waals surface area (Å²) in [7, 11) is 0. The van der Waals surface area contributed by atoms with Crippen molar-refractivity contribution in [3.05, 3.63) is 135 Å². The van der Waals surface area contributed by atoms with Crippen LogP contribution in [-0.4, -0.2) is 34.5 Å². The van der Waals surface area contributed by atoms with E-state index in [0.29, 0.717) is 23.8 Å². The molecule has 3 aromatic carbocycles. The highest BCUT2D eigenvalue weighted by atomic mass is 35.5. The van der Waals surface area contributed by atoms with Crippen LogP contribution in [0.25, 0.3) is 6.08 Å². The summed E-state index contributed by atoms with van der Waals surface area (Å²) in [5, 5.41) is 11.4. The number of aliphatic carboxylic acids is 1. The van der Waals surface area contributed by atoms with E-state index in [0.717, 1.165) is 24.4 Å². The number of halogens is 10. The number of rotatable bonds is 11. The van der Waals surface area contributed by atoms with E-state index >= 15 is 4.39 Å². The lowest BCUT2D eigenvalue weighted by molar-refractivity contribution is -0.253. The molecule has 1 heterocycles. The molecule has 6 nitrogen and oxygen atoms in total. The van der Waals surface area contributed by atoms with Crippen molar-refractivity contribution in [2.45, 2.75) is 30.7 Å². The number of nitrogens with zero attached hydrogens (tertiary/aromatic N) is 1. The number of pyridine rings is 1. The minimum absolute atomic E-state index is 0.0572. The van der Waals surface area contributed by atoms with E-state index in [2.05, 4.69) is 15.0 Å². The van der Waals surface area contributed by atoms with Gasteiger partial charge in [-0.3, -0.25) is 9.78 Å². The Labute approximate surface area is 270 Å². The number of benzene rings is 3. The molecule has 48 heavy (non-hydrogen) atoms. The monoisotopic (exact) mass is 702 g/mol. The summed E-state index contributed by atoms with van der Waals surface area (Å²) in [4.78, 5) is 28.8. The average Bonchev–Trinajstić information content (AvgIpc) is 2.99. The maximum atomic E-state index is 15.1. The van der Waals surface area contributed by atoms with Crippen molar-refractivity contribution in [3.63, 3.8) is 0 Å². The lowest BCUT2D eigenvalue weighted by Crippen LogP contribution is -2.49. The highest BCUT2D eigenvalue weighted by Gasteiger charge is 2.45. The molecule has 0 fully saturated rings. The van der Waals surface area contributed by atoms with Crippen molar-refractivity contribution in [3.8, 4) is 5.75 Å². The minimum atomic E-state index is -5.21. The Morgan fingerprint density at radius 2 is 1.62 bits per heavy atom. The Hall–Kier alpha value is -5.05. The first-order valence-electron chi connectivity index (χ1n) is 13.4. The fourth-order valence-electron chi connectivity index (χ4n) is 4.59. The number of carboxylic acid groups (broad SMARTS) is 1. The van der Waals surface area contributed by atoms with Crippen LogP contribution in [0.15, 0.2) is 85.1 Å². The quantitative estimate of drug-likeness (QED) is 0.121. The number of alkyl halides is 7. The van der Waals surface area contributed by atoms with Gasteiger partial charge in [0.15, 0.2) is 0 Å². The molecule has 16 heteroatoms. The summed E-state index contributed by atoms with van der Waals surface area (Å²) < 4.78 is 127. The van der Waals surface area contributed by atoms with E-state index in [1.807, 2.05) is 0 Å². The summed E-state index contributed by atoms with van der Waals surface area (Å²) in [5.41, 5.74) is -4.68. The number of carbonyl (C=O) groups excluding carboxylic acids is 1. The van der Waals surface area contributed by atoms with E-state index in [1.165, 1.54) is 42.5 Å². The number of ether oxygens (including phenoxy) is 1. The zero-order valence-corrected chi connectivity index (χ0v) is 24.6. The van der Waals surface area contributed by atoms with Crippen molar-refractivity contribution in [1.29, 1.82) is 0 Å². The molecule has 0 saturated heterocycles. The van der Waals surface area contributed by atoms with Crippen LogP contribution in [-0.2, 0) is 22.9 Å². The van der Waals surface area contributed by atoms with E-state index in [9.17, 15) is 44.7 Å². The summed E-state index contributed by atoms with van der Waals surface area (Å²) in [6.07, 6.45) is -11.9. The molecule has 4 aromatic rings. The molecule has 252 valence electrons. The maximum Gasteiger partial charge on any atom is 0.461 e. The molecule has 0 unspecified atom stereocenters. The zero-order valence-electron chi connectivity index (χ0n) is 23.8. The van der Waals surface area contributed by atoms with Crippen LogP contribution >= 0.6 is 11.6 Å². The second-order valence-electron chi connectivity index (χ2n) is 10.1. The molecule has 1 atom stereocenters. The number of hydrogen-bond acceptors (Lipinski definition) is 4. The largest absolute Gasteiger partial charge is 0.478 e. The Balaban J connectivity index is 1.96. The van der Waals surface area contributed by atoms with Crippen LogP contribution in [0.3, 0.4) is 0 Å². The summed E-state index contributed by atoms with van der Waals surface area (Å²) in [5.74, 6) is -6.66. The third-order valence-corrected chi connectivity index (χ3v) is 6.99. The zero-order chi connectivity index (χ0) is 35.4. The fourth-order valence-corrected chi connectivity index (χ4v) is 4.70. The minimum Gasteiger partial charge on any atom is -0.478 e. The van der Waals surface area contributed by atoms with Crippen LogP contribution in [0.4, 0.5) is 39.5 Å². The summed E-state index contributed by atoms with van der Waals surface area (Å²) in [6.45, 7) is 0. The van der Waals surface area contributed by atoms with E-state index in [1.54, 1.807) is 0 Å². The first-order valence-corrected chi connectivity index (χ1v) is 13.7. The molecule has 0 bridgehead atoms. The van der Waals surface area contributed by atoms with Crippen molar-refractivity contribution in [1.82, 2.24) is 10.3 Å². The fraction of sp³-hybridized carbons (Fsp3) is 0.156. The highest BCUT2D eigenvalue weighted by Crippen LogP contribution is 2.38. The first-order chi connectivity index (χ1) is 22.4. The molecule has 1 aromatic heterocycles. The van der Waals surface area contributed by atoms with Gasteiger partial charge in [-0.05, 0) is 65.2 Å². The van der Waals surface area contributed by atoms with E-state index in [-0.39, 0.29) is 22.3 Å². The molecule has 2 N–H and O–H groups in total. The number of hydrogen-bond donors (Lipinski definition) is 2. The predicted octanol–water partition coefficient (Wildman–Crippen LogP) is 8.28. The van der Waals surface area contributed by atoms with Crippen molar-refractivity contribution >= 4 is 29.6 Å². The van der Waals surface area contributed by atoms with Gasteiger partial charge >= 0.3 is 24.7 Å². The average molecular weight is 703 g/mol. The van der Waals surface area contributed by atoms with Crippen molar-refractivity contribution < 1.29 is 58.9 Å². The van der Waals surface area contributed by atoms with Crippen LogP contribution in [0.2, 0.25) is 5.02 Å². The van der Waals surface area contributed by atoms with Gasteiger partial charge in [0.25, 0.3) is 5.91 Å². The van der Waals surface area contributed by atoms with Gasteiger partial charge in [-0.1, -0.05) is 35.9 Å². The Morgan fingerprint density at radius 1 is 0.938 bits per heavy atom. The molecule has 0 aliphatic rings. The first kappa shape index (κ1) is 35.8. The van der Waals surface area contributed by atoms with Gasteiger partial charge in [0, 0.05) is 30.3 Å². The van der Waals surface area contributed by atoms with Crippen LogP contribution in [0.1, 0.15) is 38.3 Å². The second kappa shape index (κ2) is 14.0. The van der Waals surface area contributed by atoms with Crippen LogP contribution in [0, 0.1) is 11.6 Å². The van der Waals surface area contributed by atoms with Gasteiger partial charge < -0.3 is 15.2 Å². The second-order valence-corrected chi connectivity index (χ2v) is 10.6. The lowest BCUT2D eigenvalue weighted by Gasteiger charge is -2.36. The van der Waals surface area contributed by atoms with Gasteiger partial charge in [0.05, 0.1) is 16.3 Å². The van der Waals surface area contributed by atoms with Crippen molar-refractivity contribution in [2.75, 3.05) is 0 Å². The standard InChI is InChI=1S/C32H20ClF9N2O4/c33-21-7-9-26(43-16-21)30(15-18-3-1-17(2-4-18)5-10-27(45)46,20-12-22(34)14-23(13-20)48-32(41,42)29(36)37)44-28(47)19-6-8-25(35)24(11-19)31(38,39)40/h1-14,16,29H,15H2,(H,44,47)(H,45,46)/b10-5+/t30-/m0/s1. The van der Waals surface area contributed by atoms with Crippen LogP contribution in [0.5, 0.6) is 5.75 Å². The Morgan fingerprint density at radius 3 is 2.21 bits per heavy atom. The number of aromatic nitrogens is 1. The number of carbonyl (C=O) groups is 2. The topological polar surface area (TPSA) is 88.5 Å². The molecule has 0 aliphatic heterocycles. The van der Waals surface area contributed by atoms with E-state index in [4.69, 9.17) is 16.7 Å². The normalized spacial score (nSPS) is 13.4. The predicted molar refractivity (Wildman–Crippen MR) is 154 cm³/mol. The Kier molecular flexibility index (Phi) is 10.4. The molecule has 1 amide bonds. The molecular weight excluding hydrogens is 683 g/mol. The van der Waals surface area contributed by atoms with Crippen molar-refractivity contribution in [2.24, 2.45) is 0 Å². The van der Waals surface area contributed by atoms with Gasteiger partial charge in [-0.2, -0.15) is 30.7 Å². The number of nitrogens with one attached hydrogen (secondary N) is 1. The van der Waals surface area contributed by atoms with Gasteiger partial charge in [-0.15, -0.1) is 0 Å². The smallest absolute Gasteiger partial charge is 0.461 e. The molecular formula is C32H20ClF9N2O4. The number of amides is 1. The third kappa shape index (κ3) is 8.45. The maximum absolute atomic E-state index is 15.1. The molecule has 0 saturated carbocycles. The summed E-state index contributed by atoms with van der Waals surface area (Å²) >= 11 is 5.99. The Bertz CT molecular complexity index is 1830. The number of carboxylic acids is 1. The van der Waals surface area contributed by atoms with Gasteiger partial charge in [-0.25, -0.2) is 13.6 Å². The highest BCUT2D eigenvalue weighted by molar-refractivity contribution is 6.30. The van der Waals surface area contributed by atoms with Crippen LogP contribution < -0.4 is 10.1 Å². The molecule has 0 spiro atoms. The molecule has 0 aliphatic carbocycles. The van der Waals surface area contributed by atoms with Gasteiger partial charge in [0.2, 0.25) is 0 Å². The van der Waals surface area contributed by atoms with Gasteiger partial charge in [0.1, 0.15) is 22.9 Å².